The van der Waals surface area contributed by atoms with E-state index in [0.717, 1.165) is 12.6 Å². The van der Waals surface area contributed by atoms with Gasteiger partial charge in [0.1, 0.15) is 0 Å². The molecule has 1 N–H and O–H groups in total. The van der Waals surface area contributed by atoms with Gasteiger partial charge in [-0.25, -0.2) is 4.98 Å². The first-order chi connectivity index (χ1) is 8.31. The number of aromatic nitrogens is 1. The number of hydrogen-bond acceptors (Lipinski definition) is 4. The number of hydrogen-bond donors (Lipinski definition) is 1. The largest absolute Gasteiger partial charge is 0.308 e. The van der Waals surface area contributed by atoms with Gasteiger partial charge in [0.2, 0.25) is 0 Å². The Morgan fingerprint density at radius 1 is 1.35 bits per heavy atom. The van der Waals surface area contributed by atoms with Crippen LogP contribution in [0.4, 0.5) is 0 Å². The van der Waals surface area contributed by atoms with Gasteiger partial charge in [-0.3, -0.25) is 0 Å². The summed E-state index contributed by atoms with van der Waals surface area (Å²) in [6.07, 6.45) is 5.49. The topological polar surface area (TPSA) is 28.2 Å². The third-order valence-electron chi connectivity index (χ3n) is 3.83. The van der Waals surface area contributed by atoms with Gasteiger partial charge in [0.15, 0.2) is 0 Å². The van der Waals surface area contributed by atoms with E-state index >= 15 is 0 Å². The summed E-state index contributed by atoms with van der Waals surface area (Å²) in [5, 5.41) is 6.99. The molecule has 0 bridgehead atoms. The van der Waals surface area contributed by atoms with Crippen LogP contribution < -0.4 is 5.32 Å². The molecule has 0 spiro atoms. The molecule has 2 heterocycles. The highest BCUT2D eigenvalue weighted by Gasteiger charge is 2.31. The fourth-order valence-electron chi connectivity index (χ4n) is 2.65. The fourth-order valence-corrected chi connectivity index (χ4v) is 3.26. The van der Waals surface area contributed by atoms with Crippen molar-refractivity contribution in [3.05, 3.63) is 16.1 Å². The first-order valence-electron chi connectivity index (χ1n) is 6.70. The quantitative estimate of drug-likeness (QED) is 0.889. The van der Waals surface area contributed by atoms with Gasteiger partial charge in [-0.2, -0.15) is 0 Å². The number of nitrogens with zero attached hydrogens (tertiary/aromatic N) is 2. The molecule has 0 radical (unpaired) electrons. The maximum absolute atomic E-state index is 4.49. The van der Waals surface area contributed by atoms with Crippen LogP contribution in [0.15, 0.2) is 5.38 Å². The van der Waals surface area contributed by atoms with Gasteiger partial charge in [0.25, 0.3) is 0 Å². The summed E-state index contributed by atoms with van der Waals surface area (Å²) >= 11 is 1.74. The third kappa shape index (κ3) is 3.06. The fraction of sp³-hybridized carbons (Fsp3) is 0.769. The summed E-state index contributed by atoms with van der Waals surface area (Å²) in [6.45, 7) is 5.59. The number of aryl methyl sites for hydroxylation is 1. The summed E-state index contributed by atoms with van der Waals surface area (Å²) < 4.78 is 0. The van der Waals surface area contributed by atoms with Crippen LogP contribution in [-0.4, -0.2) is 35.1 Å². The van der Waals surface area contributed by atoms with Crippen molar-refractivity contribution in [3.63, 3.8) is 0 Å². The minimum Gasteiger partial charge on any atom is -0.308 e. The number of nitrogens with one attached hydrogen (secondary N) is 1. The van der Waals surface area contributed by atoms with Crippen molar-refractivity contribution >= 4 is 11.3 Å². The first-order valence-corrected chi connectivity index (χ1v) is 7.57. The molecule has 0 amide bonds. The highest BCUT2D eigenvalue weighted by molar-refractivity contribution is 7.09. The van der Waals surface area contributed by atoms with E-state index in [-0.39, 0.29) is 0 Å². The van der Waals surface area contributed by atoms with Crippen molar-refractivity contribution in [3.8, 4) is 0 Å². The normalized spacial score (nSPS) is 23.1. The van der Waals surface area contributed by atoms with Crippen molar-refractivity contribution in [2.24, 2.45) is 0 Å². The molecule has 4 heteroatoms. The Morgan fingerprint density at radius 3 is 2.71 bits per heavy atom. The molecule has 1 aliphatic carbocycles. The lowest BCUT2D eigenvalue weighted by atomic mass is 10.0. The highest BCUT2D eigenvalue weighted by Crippen LogP contribution is 2.29. The zero-order valence-corrected chi connectivity index (χ0v) is 11.3. The van der Waals surface area contributed by atoms with Gasteiger partial charge in [-0.1, -0.05) is 0 Å². The van der Waals surface area contributed by atoms with Crippen LogP contribution in [0.1, 0.15) is 36.4 Å². The van der Waals surface area contributed by atoms with Crippen LogP contribution in [0.3, 0.4) is 0 Å². The molecule has 1 aromatic rings. The number of thiazole rings is 1. The van der Waals surface area contributed by atoms with Crippen LogP contribution in [0, 0.1) is 6.92 Å². The first kappa shape index (κ1) is 11.6. The molecule has 17 heavy (non-hydrogen) atoms. The summed E-state index contributed by atoms with van der Waals surface area (Å²) in [5.41, 5.74) is 1.21. The van der Waals surface area contributed by atoms with E-state index in [2.05, 4.69) is 27.5 Å². The molecule has 1 aromatic heterocycles. The number of piperidine rings is 1. The number of rotatable bonds is 4. The molecular formula is C13H21N3S. The summed E-state index contributed by atoms with van der Waals surface area (Å²) in [4.78, 5) is 7.17. The van der Waals surface area contributed by atoms with Gasteiger partial charge < -0.3 is 10.2 Å². The predicted octanol–water partition coefficient (Wildman–Crippen LogP) is 2.17. The summed E-state index contributed by atoms with van der Waals surface area (Å²) in [6, 6.07) is 1.64. The van der Waals surface area contributed by atoms with Crippen molar-refractivity contribution in [1.82, 2.24) is 15.2 Å². The Balaban J connectivity index is 1.41. The van der Waals surface area contributed by atoms with Crippen LogP contribution in [0.5, 0.6) is 0 Å². The van der Waals surface area contributed by atoms with Crippen molar-refractivity contribution in [1.29, 1.82) is 0 Å². The van der Waals surface area contributed by atoms with Gasteiger partial charge in [0, 0.05) is 24.0 Å². The maximum atomic E-state index is 4.49. The van der Waals surface area contributed by atoms with Crippen molar-refractivity contribution in [2.75, 3.05) is 13.1 Å². The Labute approximate surface area is 107 Å². The zero-order chi connectivity index (χ0) is 11.7. The monoisotopic (exact) mass is 251 g/mol. The molecule has 0 unspecified atom stereocenters. The maximum Gasteiger partial charge on any atom is 0.0897 e. The molecule has 0 atom stereocenters. The zero-order valence-electron chi connectivity index (χ0n) is 10.5. The van der Waals surface area contributed by atoms with E-state index < -0.39 is 0 Å². The minimum atomic E-state index is 0.701. The van der Waals surface area contributed by atoms with E-state index in [1.165, 1.54) is 49.5 Å². The van der Waals surface area contributed by atoms with Gasteiger partial charge >= 0.3 is 0 Å². The molecule has 1 saturated heterocycles. The summed E-state index contributed by atoms with van der Waals surface area (Å²) in [7, 11) is 0. The smallest absolute Gasteiger partial charge is 0.0897 e. The Bertz CT molecular complexity index is 364. The molecular weight excluding hydrogens is 230 g/mol. The second kappa shape index (κ2) is 5.04. The van der Waals surface area contributed by atoms with Gasteiger partial charge in [-0.15, -0.1) is 11.3 Å². The SMILES string of the molecule is Cc1nc(CNC2CCN(C3CC3)CC2)cs1. The second-order valence-corrected chi connectivity index (χ2v) is 6.34. The Hall–Kier alpha value is -0.450. The van der Waals surface area contributed by atoms with Gasteiger partial charge in [-0.05, 0) is 45.7 Å². The van der Waals surface area contributed by atoms with Crippen molar-refractivity contribution < 1.29 is 0 Å². The van der Waals surface area contributed by atoms with Crippen LogP contribution >= 0.6 is 11.3 Å². The molecule has 3 rings (SSSR count). The van der Waals surface area contributed by atoms with Crippen molar-refractivity contribution in [2.45, 2.75) is 51.2 Å². The highest BCUT2D eigenvalue weighted by atomic mass is 32.1. The lowest BCUT2D eigenvalue weighted by molar-refractivity contribution is 0.189. The van der Waals surface area contributed by atoms with Crippen LogP contribution in [0.2, 0.25) is 0 Å². The predicted molar refractivity (Wildman–Crippen MR) is 71.3 cm³/mol. The average Bonchev–Trinajstić information content (AvgIpc) is 3.11. The molecule has 94 valence electrons. The molecule has 1 saturated carbocycles. The standard InChI is InChI=1S/C13H21N3S/c1-10-15-12(9-17-10)8-14-11-4-6-16(7-5-11)13-2-3-13/h9,11,13-14H,2-8H2,1H3. The molecule has 2 fully saturated rings. The van der Waals surface area contributed by atoms with E-state index in [9.17, 15) is 0 Å². The average molecular weight is 251 g/mol. The van der Waals surface area contributed by atoms with E-state index in [1.54, 1.807) is 11.3 Å². The Kier molecular flexibility index (Phi) is 3.45. The molecule has 2 aliphatic rings. The van der Waals surface area contributed by atoms with Crippen LogP contribution in [0.25, 0.3) is 0 Å². The van der Waals surface area contributed by atoms with E-state index in [4.69, 9.17) is 0 Å². The minimum absolute atomic E-state index is 0.701. The van der Waals surface area contributed by atoms with Crippen LogP contribution in [-0.2, 0) is 6.54 Å². The number of likely N-dealkylation sites (tertiary alicyclic amines) is 1. The second-order valence-electron chi connectivity index (χ2n) is 5.28. The molecule has 0 aromatic carbocycles. The molecule has 3 nitrogen and oxygen atoms in total. The van der Waals surface area contributed by atoms with E-state index in [1.807, 2.05) is 0 Å². The lowest BCUT2D eigenvalue weighted by Crippen LogP contribution is -2.43. The third-order valence-corrected chi connectivity index (χ3v) is 4.65. The Morgan fingerprint density at radius 2 is 2.12 bits per heavy atom. The lowest BCUT2D eigenvalue weighted by Gasteiger charge is -2.32. The van der Waals surface area contributed by atoms with E-state index in [0.29, 0.717) is 6.04 Å². The summed E-state index contributed by atoms with van der Waals surface area (Å²) in [5.74, 6) is 0. The van der Waals surface area contributed by atoms with Gasteiger partial charge in [0.05, 0.1) is 10.7 Å². The molecule has 1 aliphatic heterocycles.